The molecule has 0 saturated heterocycles. The zero-order valence-corrected chi connectivity index (χ0v) is 7.98. The summed E-state index contributed by atoms with van der Waals surface area (Å²) in [6.45, 7) is 1.84. The smallest absolute Gasteiger partial charge is 0.356 e. The second-order valence-corrected chi connectivity index (χ2v) is 2.94. The van der Waals surface area contributed by atoms with Crippen molar-refractivity contribution in [1.29, 1.82) is 0 Å². The molecular formula is C9H10N4O. The van der Waals surface area contributed by atoms with Crippen LogP contribution in [0.25, 0.3) is 5.65 Å². The molecule has 0 unspecified atom stereocenters. The third-order valence-electron chi connectivity index (χ3n) is 2.00. The second-order valence-electron chi connectivity index (χ2n) is 2.94. The van der Waals surface area contributed by atoms with Crippen molar-refractivity contribution >= 4 is 11.6 Å². The molecule has 72 valence electrons. The van der Waals surface area contributed by atoms with Gasteiger partial charge in [-0.15, -0.1) is 0 Å². The number of anilines is 1. The minimum atomic E-state index is -0.308. The van der Waals surface area contributed by atoms with Crippen LogP contribution in [0.15, 0.2) is 23.0 Å². The topological polar surface area (TPSA) is 59.3 Å². The highest BCUT2D eigenvalue weighted by atomic mass is 16.1. The van der Waals surface area contributed by atoms with Gasteiger partial charge in [0.15, 0.2) is 0 Å². The number of aromatic nitrogens is 3. The summed E-state index contributed by atoms with van der Waals surface area (Å²) in [5.41, 5.74) is 1.13. The molecule has 0 fully saturated rings. The van der Waals surface area contributed by atoms with Gasteiger partial charge in [0.1, 0.15) is 5.65 Å². The number of hydrogen-bond donors (Lipinski definition) is 1. The zero-order chi connectivity index (χ0) is 10.1. The van der Waals surface area contributed by atoms with E-state index in [2.05, 4.69) is 15.3 Å². The SMILES string of the molecule is CNc1nc(=O)n2c(C)cccc2n1. The largest absolute Gasteiger partial charge is 0.357 e. The number of rotatable bonds is 1. The van der Waals surface area contributed by atoms with E-state index in [1.54, 1.807) is 13.1 Å². The average molecular weight is 190 g/mol. The summed E-state index contributed by atoms with van der Waals surface area (Å²) >= 11 is 0. The molecule has 0 aromatic carbocycles. The molecule has 0 atom stereocenters. The molecule has 0 aliphatic carbocycles. The van der Waals surface area contributed by atoms with E-state index in [0.717, 1.165) is 5.69 Å². The molecule has 0 spiro atoms. The number of hydrogen-bond acceptors (Lipinski definition) is 4. The maximum Gasteiger partial charge on any atom is 0.356 e. The standard InChI is InChI=1S/C9H10N4O/c1-6-4-3-5-7-11-8(10-2)12-9(14)13(6)7/h3-5H,1-2H3,(H,10,12,14). The van der Waals surface area contributed by atoms with E-state index in [9.17, 15) is 4.79 Å². The lowest BCUT2D eigenvalue weighted by Crippen LogP contribution is -2.21. The maximum atomic E-state index is 11.6. The number of pyridine rings is 1. The molecular weight excluding hydrogens is 180 g/mol. The van der Waals surface area contributed by atoms with Gasteiger partial charge in [-0.3, -0.25) is 0 Å². The van der Waals surface area contributed by atoms with Gasteiger partial charge in [-0.05, 0) is 19.1 Å². The first kappa shape index (κ1) is 8.68. The van der Waals surface area contributed by atoms with E-state index in [-0.39, 0.29) is 5.69 Å². The normalized spacial score (nSPS) is 10.4. The van der Waals surface area contributed by atoms with Gasteiger partial charge >= 0.3 is 5.69 Å². The summed E-state index contributed by atoms with van der Waals surface area (Å²) in [5.74, 6) is 0.348. The lowest BCUT2D eigenvalue weighted by atomic mass is 10.4. The van der Waals surface area contributed by atoms with Gasteiger partial charge in [0.25, 0.3) is 0 Å². The van der Waals surface area contributed by atoms with Gasteiger partial charge in [0.2, 0.25) is 5.95 Å². The summed E-state index contributed by atoms with van der Waals surface area (Å²) in [6.07, 6.45) is 0. The summed E-state index contributed by atoms with van der Waals surface area (Å²) in [4.78, 5) is 19.5. The van der Waals surface area contributed by atoms with Gasteiger partial charge in [0.05, 0.1) is 0 Å². The predicted molar refractivity (Wildman–Crippen MR) is 53.5 cm³/mol. The van der Waals surface area contributed by atoms with Gasteiger partial charge in [-0.2, -0.15) is 9.97 Å². The fraction of sp³-hybridized carbons (Fsp3) is 0.222. The van der Waals surface area contributed by atoms with Gasteiger partial charge < -0.3 is 5.32 Å². The van der Waals surface area contributed by atoms with Crippen LogP contribution in [-0.4, -0.2) is 21.4 Å². The van der Waals surface area contributed by atoms with Crippen LogP contribution in [0.2, 0.25) is 0 Å². The summed E-state index contributed by atoms with van der Waals surface area (Å²) in [7, 11) is 1.68. The maximum absolute atomic E-state index is 11.6. The zero-order valence-electron chi connectivity index (χ0n) is 7.98. The molecule has 2 rings (SSSR count). The lowest BCUT2D eigenvalue weighted by molar-refractivity contribution is 0.912. The monoisotopic (exact) mass is 190 g/mol. The third kappa shape index (κ3) is 1.22. The molecule has 2 aromatic rings. The highest BCUT2D eigenvalue weighted by molar-refractivity contribution is 5.43. The Hall–Kier alpha value is -1.91. The molecule has 1 N–H and O–H groups in total. The van der Waals surface area contributed by atoms with Crippen LogP contribution < -0.4 is 11.0 Å². The van der Waals surface area contributed by atoms with E-state index in [0.29, 0.717) is 11.6 Å². The first-order valence-electron chi connectivity index (χ1n) is 4.26. The Labute approximate surface area is 80.4 Å². The van der Waals surface area contributed by atoms with Crippen LogP contribution in [0.3, 0.4) is 0 Å². The van der Waals surface area contributed by atoms with Crippen molar-refractivity contribution in [3.05, 3.63) is 34.4 Å². The van der Waals surface area contributed by atoms with Crippen molar-refractivity contribution in [1.82, 2.24) is 14.4 Å². The Morgan fingerprint density at radius 1 is 1.36 bits per heavy atom. The Kier molecular flexibility index (Phi) is 1.92. The molecule has 0 amide bonds. The quantitative estimate of drug-likeness (QED) is 0.708. The Bertz CT molecular complexity index is 532. The molecule has 0 aliphatic heterocycles. The number of aryl methyl sites for hydroxylation is 1. The number of nitrogens with zero attached hydrogens (tertiary/aromatic N) is 3. The van der Waals surface area contributed by atoms with Gasteiger partial charge in [-0.1, -0.05) is 6.07 Å². The van der Waals surface area contributed by atoms with Gasteiger partial charge in [0, 0.05) is 12.7 Å². The van der Waals surface area contributed by atoms with Crippen molar-refractivity contribution in [3.8, 4) is 0 Å². The predicted octanol–water partition coefficient (Wildman–Crippen LogP) is 0.440. The Balaban J connectivity index is 2.90. The molecule has 14 heavy (non-hydrogen) atoms. The molecule has 5 nitrogen and oxygen atoms in total. The molecule has 0 saturated carbocycles. The molecule has 0 aliphatic rings. The third-order valence-corrected chi connectivity index (χ3v) is 2.00. The summed E-state index contributed by atoms with van der Waals surface area (Å²) in [5, 5.41) is 2.74. The average Bonchev–Trinajstić information content (AvgIpc) is 2.17. The molecule has 0 bridgehead atoms. The van der Waals surface area contributed by atoms with Gasteiger partial charge in [-0.25, -0.2) is 9.20 Å². The number of fused-ring (bicyclic) bond motifs is 1. The van der Waals surface area contributed by atoms with E-state index in [1.807, 2.05) is 19.1 Å². The van der Waals surface area contributed by atoms with Crippen LogP contribution in [0.1, 0.15) is 5.69 Å². The van der Waals surface area contributed by atoms with Crippen molar-refractivity contribution in [2.75, 3.05) is 12.4 Å². The first-order valence-corrected chi connectivity index (χ1v) is 4.26. The van der Waals surface area contributed by atoms with E-state index in [1.165, 1.54) is 4.40 Å². The van der Waals surface area contributed by atoms with Crippen LogP contribution in [0.5, 0.6) is 0 Å². The molecule has 0 radical (unpaired) electrons. The molecule has 5 heteroatoms. The Morgan fingerprint density at radius 2 is 2.14 bits per heavy atom. The van der Waals surface area contributed by atoms with E-state index < -0.39 is 0 Å². The van der Waals surface area contributed by atoms with Crippen LogP contribution in [0.4, 0.5) is 5.95 Å². The fourth-order valence-corrected chi connectivity index (χ4v) is 1.33. The Morgan fingerprint density at radius 3 is 2.86 bits per heavy atom. The highest BCUT2D eigenvalue weighted by Gasteiger charge is 2.02. The fourth-order valence-electron chi connectivity index (χ4n) is 1.33. The lowest BCUT2D eigenvalue weighted by Gasteiger charge is -2.04. The van der Waals surface area contributed by atoms with E-state index in [4.69, 9.17) is 0 Å². The van der Waals surface area contributed by atoms with Crippen molar-refractivity contribution < 1.29 is 0 Å². The van der Waals surface area contributed by atoms with Crippen LogP contribution in [0, 0.1) is 6.92 Å². The van der Waals surface area contributed by atoms with Crippen LogP contribution >= 0.6 is 0 Å². The minimum Gasteiger partial charge on any atom is -0.357 e. The van der Waals surface area contributed by atoms with Crippen molar-refractivity contribution in [2.45, 2.75) is 6.92 Å². The van der Waals surface area contributed by atoms with Crippen LogP contribution in [-0.2, 0) is 0 Å². The minimum absolute atomic E-state index is 0.308. The highest BCUT2D eigenvalue weighted by Crippen LogP contribution is 2.02. The van der Waals surface area contributed by atoms with Crippen molar-refractivity contribution in [2.24, 2.45) is 0 Å². The molecule has 2 aromatic heterocycles. The first-order chi connectivity index (χ1) is 6.72. The summed E-state index contributed by atoms with van der Waals surface area (Å²) < 4.78 is 1.47. The van der Waals surface area contributed by atoms with Crippen molar-refractivity contribution in [3.63, 3.8) is 0 Å². The van der Waals surface area contributed by atoms with E-state index >= 15 is 0 Å². The summed E-state index contributed by atoms with van der Waals surface area (Å²) in [6, 6.07) is 5.48. The molecule has 2 heterocycles. The number of nitrogens with one attached hydrogen (secondary N) is 1. The second kappa shape index (κ2) is 3.10.